The summed E-state index contributed by atoms with van der Waals surface area (Å²) in [6.45, 7) is 6.29. The predicted molar refractivity (Wildman–Crippen MR) is 83.9 cm³/mol. The lowest BCUT2D eigenvalue weighted by molar-refractivity contribution is 0.439. The van der Waals surface area contributed by atoms with E-state index in [0.29, 0.717) is 5.88 Å². The van der Waals surface area contributed by atoms with Crippen LogP contribution >= 0.6 is 11.3 Å². The number of anilines is 1. The monoisotopic (exact) mass is 284 g/mol. The van der Waals surface area contributed by atoms with Crippen LogP contribution in [0.2, 0.25) is 0 Å². The summed E-state index contributed by atoms with van der Waals surface area (Å²) >= 11 is 1.64. The van der Waals surface area contributed by atoms with E-state index in [4.69, 9.17) is 10.3 Å². The van der Waals surface area contributed by atoms with Crippen molar-refractivity contribution in [2.75, 3.05) is 5.73 Å². The number of benzene rings is 1. The number of rotatable bonds is 2. The number of nitrogens with zero attached hydrogens (tertiary/aromatic N) is 1. The third-order valence-electron chi connectivity index (χ3n) is 3.40. The van der Waals surface area contributed by atoms with Crippen molar-refractivity contribution in [3.05, 3.63) is 46.3 Å². The highest BCUT2D eigenvalue weighted by atomic mass is 32.1. The van der Waals surface area contributed by atoms with E-state index >= 15 is 0 Å². The molecule has 2 aromatic heterocycles. The molecular weight excluding hydrogens is 268 g/mol. The molecule has 3 nitrogen and oxygen atoms in total. The Morgan fingerprint density at radius 1 is 1.10 bits per heavy atom. The fourth-order valence-corrected chi connectivity index (χ4v) is 3.46. The van der Waals surface area contributed by atoms with Gasteiger partial charge in [-0.25, -0.2) is 0 Å². The van der Waals surface area contributed by atoms with Gasteiger partial charge in [-0.05, 0) is 43.3 Å². The van der Waals surface area contributed by atoms with E-state index in [2.05, 4.69) is 38.1 Å². The molecule has 4 heteroatoms. The van der Waals surface area contributed by atoms with Gasteiger partial charge in [-0.1, -0.05) is 28.9 Å². The summed E-state index contributed by atoms with van der Waals surface area (Å²) in [7, 11) is 0. The molecule has 0 radical (unpaired) electrons. The minimum atomic E-state index is 0.377. The molecule has 0 atom stereocenters. The molecule has 0 saturated heterocycles. The zero-order valence-electron chi connectivity index (χ0n) is 11.7. The van der Waals surface area contributed by atoms with E-state index < -0.39 is 0 Å². The van der Waals surface area contributed by atoms with E-state index in [0.717, 1.165) is 21.7 Å². The van der Waals surface area contributed by atoms with E-state index in [1.807, 2.05) is 17.5 Å². The van der Waals surface area contributed by atoms with Crippen molar-refractivity contribution < 1.29 is 4.52 Å². The molecule has 1 aromatic carbocycles. The molecular formula is C16H16N2OS. The Morgan fingerprint density at radius 3 is 2.40 bits per heavy atom. The molecule has 0 aliphatic heterocycles. The molecule has 0 unspecified atom stereocenters. The van der Waals surface area contributed by atoms with Gasteiger partial charge in [-0.15, -0.1) is 11.3 Å². The molecule has 2 heterocycles. The van der Waals surface area contributed by atoms with E-state index in [9.17, 15) is 0 Å². The van der Waals surface area contributed by atoms with Gasteiger partial charge >= 0.3 is 0 Å². The number of thiophene rings is 1. The molecule has 2 N–H and O–H groups in total. The number of hydrogen-bond donors (Lipinski definition) is 1. The molecule has 20 heavy (non-hydrogen) atoms. The summed E-state index contributed by atoms with van der Waals surface area (Å²) in [5, 5.41) is 6.23. The van der Waals surface area contributed by atoms with Crippen molar-refractivity contribution in [2.45, 2.75) is 20.8 Å². The average molecular weight is 284 g/mol. The number of hydrogen-bond acceptors (Lipinski definition) is 4. The molecule has 102 valence electrons. The SMILES string of the molecule is Cc1cc(C)c(-c2noc(N)c2-c2cccs2)c(C)c1. The predicted octanol–water partition coefficient (Wildman–Crippen LogP) is 4.58. The third kappa shape index (κ3) is 2.02. The van der Waals surface area contributed by atoms with Crippen molar-refractivity contribution in [3.8, 4) is 21.7 Å². The maximum absolute atomic E-state index is 5.98. The Bertz CT molecular complexity index is 734. The van der Waals surface area contributed by atoms with Crippen molar-refractivity contribution >= 4 is 17.2 Å². The van der Waals surface area contributed by atoms with Crippen molar-refractivity contribution in [3.63, 3.8) is 0 Å². The topological polar surface area (TPSA) is 52.0 Å². The maximum atomic E-state index is 5.98. The molecule has 0 saturated carbocycles. The fourth-order valence-electron chi connectivity index (χ4n) is 2.69. The van der Waals surface area contributed by atoms with Gasteiger partial charge in [0.05, 0.1) is 5.56 Å². The van der Waals surface area contributed by atoms with E-state index in [-0.39, 0.29) is 0 Å². The Balaban J connectivity index is 2.27. The van der Waals surface area contributed by atoms with Crippen LogP contribution in [0.5, 0.6) is 0 Å². The second kappa shape index (κ2) is 4.80. The molecule has 0 fully saturated rings. The first kappa shape index (κ1) is 12.9. The van der Waals surface area contributed by atoms with Crippen LogP contribution < -0.4 is 5.73 Å². The summed E-state index contributed by atoms with van der Waals surface area (Å²) in [4.78, 5) is 1.08. The Kier molecular flexibility index (Phi) is 3.10. The summed E-state index contributed by atoms with van der Waals surface area (Å²) in [5.41, 5.74) is 12.4. The summed E-state index contributed by atoms with van der Waals surface area (Å²) in [6, 6.07) is 8.36. The average Bonchev–Trinajstić information content (AvgIpc) is 2.97. The number of aromatic nitrogens is 1. The minimum Gasteiger partial charge on any atom is -0.367 e. The molecule has 0 aliphatic carbocycles. The minimum absolute atomic E-state index is 0.377. The quantitative estimate of drug-likeness (QED) is 0.749. The fraction of sp³-hybridized carbons (Fsp3) is 0.188. The summed E-state index contributed by atoms with van der Waals surface area (Å²) in [5.74, 6) is 0.377. The third-order valence-corrected chi connectivity index (χ3v) is 4.29. The van der Waals surface area contributed by atoms with Gasteiger partial charge in [-0.3, -0.25) is 0 Å². The van der Waals surface area contributed by atoms with Crippen LogP contribution in [0.25, 0.3) is 21.7 Å². The molecule has 3 aromatic rings. The van der Waals surface area contributed by atoms with Crippen LogP contribution in [-0.4, -0.2) is 5.16 Å². The first-order valence-corrected chi connectivity index (χ1v) is 7.33. The highest BCUT2D eigenvalue weighted by molar-refractivity contribution is 7.13. The first-order chi connectivity index (χ1) is 9.58. The smallest absolute Gasteiger partial charge is 0.231 e. The summed E-state index contributed by atoms with van der Waals surface area (Å²) < 4.78 is 5.25. The molecule has 0 aliphatic rings. The molecule has 0 bridgehead atoms. The Labute approximate surface area is 122 Å². The van der Waals surface area contributed by atoms with Gasteiger partial charge in [-0.2, -0.15) is 0 Å². The lowest BCUT2D eigenvalue weighted by Crippen LogP contribution is -1.92. The lowest BCUT2D eigenvalue weighted by atomic mass is 9.95. The highest BCUT2D eigenvalue weighted by Crippen LogP contribution is 2.40. The molecule has 0 spiro atoms. The van der Waals surface area contributed by atoms with Gasteiger partial charge < -0.3 is 10.3 Å². The van der Waals surface area contributed by atoms with Crippen molar-refractivity contribution in [1.82, 2.24) is 5.16 Å². The Hall–Kier alpha value is -2.07. The normalized spacial score (nSPS) is 10.9. The lowest BCUT2D eigenvalue weighted by Gasteiger charge is -2.10. The number of nitrogens with two attached hydrogens (primary N) is 1. The molecule has 3 rings (SSSR count). The van der Waals surface area contributed by atoms with Crippen LogP contribution in [0, 0.1) is 20.8 Å². The van der Waals surface area contributed by atoms with Crippen molar-refractivity contribution in [1.29, 1.82) is 0 Å². The van der Waals surface area contributed by atoms with Crippen LogP contribution in [0.3, 0.4) is 0 Å². The second-order valence-corrected chi connectivity index (χ2v) is 5.97. The number of aryl methyl sites for hydroxylation is 3. The summed E-state index contributed by atoms with van der Waals surface area (Å²) in [6.07, 6.45) is 0. The zero-order chi connectivity index (χ0) is 14.3. The van der Waals surface area contributed by atoms with Crippen molar-refractivity contribution in [2.24, 2.45) is 0 Å². The molecule has 0 amide bonds. The largest absolute Gasteiger partial charge is 0.367 e. The zero-order valence-corrected chi connectivity index (χ0v) is 12.5. The second-order valence-electron chi connectivity index (χ2n) is 5.02. The van der Waals surface area contributed by atoms with E-state index in [1.165, 1.54) is 16.7 Å². The Morgan fingerprint density at radius 2 is 1.80 bits per heavy atom. The maximum Gasteiger partial charge on any atom is 0.231 e. The van der Waals surface area contributed by atoms with Crippen LogP contribution in [-0.2, 0) is 0 Å². The number of nitrogen functional groups attached to an aromatic ring is 1. The van der Waals surface area contributed by atoms with Gasteiger partial charge in [0, 0.05) is 10.4 Å². The van der Waals surface area contributed by atoms with Gasteiger partial charge in [0.15, 0.2) is 0 Å². The van der Waals surface area contributed by atoms with Crippen LogP contribution in [0.4, 0.5) is 5.88 Å². The first-order valence-electron chi connectivity index (χ1n) is 6.45. The van der Waals surface area contributed by atoms with E-state index in [1.54, 1.807) is 11.3 Å². The van der Waals surface area contributed by atoms with Crippen LogP contribution in [0.15, 0.2) is 34.2 Å². The standard InChI is InChI=1S/C16H16N2OS/c1-9-7-10(2)13(11(3)8-9)15-14(16(17)19-18-15)12-5-4-6-20-12/h4-8H,17H2,1-3H3. The van der Waals surface area contributed by atoms with Gasteiger partial charge in [0.25, 0.3) is 0 Å². The van der Waals surface area contributed by atoms with Gasteiger partial charge in [0.2, 0.25) is 5.88 Å². The van der Waals surface area contributed by atoms with Crippen LogP contribution in [0.1, 0.15) is 16.7 Å². The highest BCUT2D eigenvalue weighted by Gasteiger charge is 2.21. The van der Waals surface area contributed by atoms with Gasteiger partial charge in [0.1, 0.15) is 5.69 Å².